The maximum absolute atomic E-state index is 5.88. The number of furan rings is 1. The molecule has 2 atom stereocenters. The summed E-state index contributed by atoms with van der Waals surface area (Å²) in [6.45, 7) is 5.52. The van der Waals surface area contributed by atoms with E-state index in [0.717, 1.165) is 38.4 Å². The highest BCUT2D eigenvalue weighted by Crippen LogP contribution is 2.33. The number of ether oxygens (including phenoxy) is 1. The predicted molar refractivity (Wildman–Crippen MR) is 75.1 cm³/mol. The summed E-state index contributed by atoms with van der Waals surface area (Å²) in [4.78, 5) is 0. The molecule has 1 aliphatic rings. The molecule has 0 aliphatic carbocycles. The van der Waals surface area contributed by atoms with Crippen LogP contribution in [0.25, 0.3) is 0 Å². The zero-order valence-corrected chi connectivity index (χ0v) is 11.8. The minimum atomic E-state index is 0.166. The van der Waals surface area contributed by atoms with Crippen LogP contribution in [0.2, 0.25) is 0 Å². The SMILES string of the molecule is CCn1cc([C@H]2OCC[C@@H]2CNCc2ccco2)cn1. The molecule has 0 bridgehead atoms. The second-order valence-corrected chi connectivity index (χ2v) is 5.18. The number of aromatic nitrogens is 2. The average Bonchev–Trinajstić information content (AvgIpc) is 3.20. The molecule has 5 heteroatoms. The van der Waals surface area contributed by atoms with Crippen molar-refractivity contribution < 1.29 is 9.15 Å². The van der Waals surface area contributed by atoms with Crippen LogP contribution in [0, 0.1) is 5.92 Å². The Kier molecular flexibility index (Phi) is 4.18. The Bertz CT molecular complexity index is 521. The zero-order chi connectivity index (χ0) is 13.8. The molecule has 20 heavy (non-hydrogen) atoms. The molecule has 5 nitrogen and oxygen atoms in total. The summed E-state index contributed by atoms with van der Waals surface area (Å²) >= 11 is 0. The molecule has 108 valence electrons. The van der Waals surface area contributed by atoms with Crippen molar-refractivity contribution in [1.29, 1.82) is 0 Å². The van der Waals surface area contributed by atoms with Crippen LogP contribution >= 0.6 is 0 Å². The van der Waals surface area contributed by atoms with Gasteiger partial charge in [-0.15, -0.1) is 0 Å². The topological polar surface area (TPSA) is 52.2 Å². The van der Waals surface area contributed by atoms with Gasteiger partial charge in [0.05, 0.1) is 25.1 Å². The van der Waals surface area contributed by atoms with Gasteiger partial charge in [0, 0.05) is 37.4 Å². The largest absolute Gasteiger partial charge is 0.468 e. The number of nitrogens with zero attached hydrogens (tertiary/aromatic N) is 2. The smallest absolute Gasteiger partial charge is 0.117 e. The van der Waals surface area contributed by atoms with Crippen LogP contribution in [-0.2, 0) is 17.8 Å². The first-order chi connectivity index (χ1) is 9.86. The van der Waals surface area contributed by atoms with E-state index in [9.17, 15) is 0 Å². The number of nitrogens with one attached hydrogen (secondary N) is 1. The standard InChI is InChI=1S/C15H21N3O2/c1-2-18-11-13(9-17-18)15-12(5-7-20-15)8-16-10-14-4-3-6-19-14/h3-4,6,9,11-12,15-16H,2,5,7-8,10H2,1H3/t12-,15+/m1/s1. The van der Waals surface area contributed by atoms with Gasteiger partial charge < -0.3 is 14.5 Å². The molecule has 0 radical (unpaired) electrons. The molecule has 0 aromatic carbocycles. The number of rotatable bonds is 6. The molecule has 2 aromatic heterocycles. The number of hydrogen-bond acceptors (Lipinski definition) is 4. The molecule has 0 saturated carbocycles. The van der Waals surface area contributed by atoms with Crippen molar-refractivity contribution >= 4 is 0 Å². The first kappa shape index (κ1) is 13.4. The molecule has 2 aromatic rings. The van der Waals surface area contributed by atoms with Gasteiger partial charge in [0.2, 0.25) is 0 Å². The lowest BCUT2D eigenvalue weighted by atomic mass is 9.97. The van der Waals surface area contributed by atoms with Gasteiger partial charge in [-0.2, -0.15) is 5.10 Å². The highest BCUT2D eigenvalue weighted by atomic mass is 16.5. The summed E-state index contributed by atoms with van der Waals surface area (Å²) in [6, 6.07) is 3.90. The Morgan fingerprint density at radius 2 is 2.45 bits per heavy atom. The van der Waals surface area contributed by atoms with Crippen LogP contribution in [-0.4, -0.2) is 22.9 Å². The summed E-state index contributed by atoms with van der Waals surface area (Å²) < 4.78 is 13.1. The minimum Gasteiger partial charge on any atom is -0.468 e. The molecule has 3 heterocycles. The Balaban J connectivity index is 1.55. The molecule has 0 spiro atoms. The Morgan fingerprint density at radius 3 is 3.20 bits per heavy atom. The minimum absolute atomic E-state index is 0.166. The van der Waals surface area contributed by atoms with Gasteiger partial charge in [0.25, 0.3) is 0 Å². The van der Waals surface area contributed by atoms with Crippen LogP contribution in [0.3, 0.4) is 0 Å². The van der Waals surface area contributed by atoms with E-state index in [1.165, 1.54) is 5.56 Å². The fraction of sp³-hybridized carbons (Fsp3) is 0.533. The second kappa shape index (κ2) is 6.24. The Labute approximate surface area is 118 Å². The fourth-order valence-corrected chi connectivity index (χ4v) is 2.70. The van der Waals surface area contributed by atoms with Crippen molar-refractivity contribution in [3.8, 4) is 0 Å². The van der Waals surface area contributed by atoms with Crippen LogP contribution in [0.5, 0.6) is 0 Å². The third-order valence-corrected chi connectivity index (χ3v) is 3.81. The van der Waals surface area contributed by atoms with Gasteiger partial charge in [-0.05, 0) is 25.5 Å². The van der Waals surface area contributed by atoms with Gasteiger partial charge in [-0.3, -0.25) is 4.68 Å². The van der Waals surface area contributed by atoms with Crippen molar-refractivity contribution in [3.63, 3.8) is 0 Å². The van der Waals surface area contributed by atoms with E-state index in [1.54, 1.807) is 6.26 Å². The van der Waals surface area contributed by atoms with Crippen LogP contribution < -0.4 is 5.32 Å². The summed E-state index contributed by atoms with van der Waals surface area (Å²) in [7, 11) is 0. The highest BCUT2D eigenvalue weighted by molar-refractivity contribution is 5.11. The third kappa shape index (κ3) is 2.94. The predicted octanol–water partition coefficient (Wildman–Crippen LogP) is 2.36. The lowest BCUT2D eigenvalue weighted by Gasteiger charge is -2.17. The first-order valence-electron chi connectivity index (χ1n) is 7.24. The van der Waals surface area contributed by atoms with Gasteiger partial charge in [-0.25, -0.2) is 0 Å². The van der Waals surface area contributed by atoms with E-state index in [2.05, 4.69) is 23.5 Å². The summed E-state index contributed by atoms with van der Waals surface area (Å²) in [5.41, 5.74) is 1.19. The third-order valence-electron chi connectivity index (χ3n) is 3.81. The van der Waals surface area contributed by atoms with Gasteiger partial charge in [-0.1, -0.05) is 0 Å². The van der Waals surface area contributed by atoms with Crippen molar-refractivity contribution in [2.24, 2.45) is 5.92 Å². The quantitative estimate of drug-likeness (QED) is 0.879. The molecular weight excluding hydrogens is 254 g/mol. The lowest BCUT2D eigenvalue weighted by Crippen LogP contribution is -2.24. The fourth-order valence-electron chi connectivity index (χ4n) is 2.70. The first-order valence-corrected chi connectivity index (χ1v) is 7.24. The van der Waals surface area contributed by atoms with Gasteiger partial charge in [0.1, 0.15) is 5.76 Å². The van der Waals surface area contributed by atoms with Crippen molar-refractivity contribution in [2.75, 3.05) is 13.2 Å². The summed E-state index contributed by atoms with van der Waals surface area (Å²) in [6.07, 6.45) is 6.98. The molecule has 1 fully saturated rings. The van der Waals surface area contributed by atoms with E-state index < -0.39 is 0 Å². The van der Waals surface area contributed by atoms with E-state index >= 15 is 0 Å². The molecule has 1 saturated heterocycles. The Morgan fingerprint density at radius 1 is 1.50 bits per heavy atom. The van der Waals surface area contributed by atoms with Crippen molar-refractivity contribution in [2.45, 2.75) is 32.5 Å². The molecule has 1 aliphatic heterocycles. The summed E-state index contributed by atoms with van der Waals surface area (Å²) in [5, 5.41) is 7.79. The molecule has 1 N–H and O–H groups in total. The molecule has 0 amide bonds. The monoisotopic (exact) mass is 275 g/mol. The maximum Gasteiger partial charge on any atom is 0.117 e. The van der Waals surface area contributed by atoms with E-state index in [4.69, 9.17) is 9.15 Å². The van der Waals surface area contributed by atoms with E-state index in [-0.39, 0.29) is 6.10 Å². The molecule has 3 rings (SSSR count). The average molecular weight is 275 g/mol. The van der Waals surface area contributed by atoms with Crippen LogP contribution in [0.1, 0.15) is 30.8 Å². The highest BCUT2D eigenvalue weighted by Gasteiger charge is 2.30. The Hall–Kier alpha value is -1.59. The van der Waals surface area contributed by atoms with Crippen LogP contribution in [0.4, 0.5) is 0 Å². The number of hydrogen-bond donors (Lipinski definition) is 1. The van der Waals surface area contributed by atoms with E-state index in [1.807, 2.05) is 23.0 Å². The molecular formula is C15H21N3O2. The van der Waals surface area contributed by atoms with Crippen molar-refractivity contribution in [1.82, 2.24) is 15.1 Å². The lowest BCUT2D eigenvalue weighted by molar-refractivity contribution is 0.0902. The molecule has 0 unspecified atom stereocenters. The van der Waals surface area contributed by atoms with Crippen molar-refractivity contribution in [3.05, 3.63) is 42.1 Å². The zero-order valence-electron chi connectivity index (χ0n) is 11.8. The number of aryl methyl sites for hydroxylation is 1. The van der Waals surface area contributed by atoms with Gasteiger partial charge in [0.15, 0.2) is 0 Å². The van der Waals surface area contributed by atoms with Crippen LogP contribution in [0.15, 0.2) is 35.2 Å². The van der Waals surface area contributed by atoms with E-state index in [0.29, 0.717) is 5.92 Å². The summed E-state index contributed by atoms with van der Waals surface area (Å²) in [5.74, 6) is 1.47. The second-order valence-electron chi connectivity index (χ2n) is 5.18. The normalized spacial score (nSPS) is 22.4. The van der Waals surface area contributed by atoms with Gasteiger partial charge >= 0.3 is 0 Å². The maximum atomic E-state index is 5.88.